The molecule has 2 rings (SSSR count). The normalized spacial score (nSPS) is 21.3. The summed E-state index contributed by atoms with van der Waals surface area (Å²) in [6, 6.07) is 4.80. The maximum atomic E-state index is 12.1. The summed E-state index contributed by atoms with van der Waals surface area (Å²) < 4.78 is 5.18. The van der Waals surface area contributed by atoms with E-state index in [9.17, 15) is 9.59 Å². The summed E-state index contributed by atoms with van der Waals surface area (Å²) in [7, 11) is 1.31. The van der Waals surface area contributed by atoms with Gasteiger partial charge >= 0.3 is 6.09 Å². The van der Waals surface area contributed by atoms with E-state index in [0.29, 0.717) is 23.4 Å². The monoisotopic (exact) mass is 342 g/mol. The molecule has 20 heavy (non-hydrogen) atoms. The van der Waals surface area contributed by atoms with Gasteiger partial charge in [-0.05, 0) is 34.5 Å². The maximum Gasteiger partial charge on any atom is 0.407 e. The van der Waals surface area contributed by atoms with E-state index in [2.05, 4.69) is 41.6 Å². The minimum absolute atomic E-state index is 0.117. The minimum atomic E-state index is -0.494. The van der Waals surface area contributed by atoms with Crippen LogP contribution in [0, 0.1) is 0 Å². The van der Waals surface area contributed by atoms with Crippen LogP contribution < -0.4 is 16.0 Å². The number of carbonyl (C=O) groups excluding carboxylic acids is 2. The van der Waals surface area contributed by atoms with Crippen LogP contribution in [0.3, 0.4) is 0 Å². The first-order valence-electron chi connectivity index (χ1n) is 6.10. The molecule has 1 aromatic heterocycles. The number of nitrogens with one attached hydrogen (secondary N) is 3. The quantitative estimate of drug-likeness (QED) is 0.709. The Kier molecular flexibility index (Phi) is 4.91. The number of ether oxygens (including phenoxy) is 1. The maximum absolute atomic E-state index is 12.1. The highest BCUT2D eigenvalue weighted by atomic mass is 79.9. The van der Waals surface area contributed by atoms with Gasteiger partial charge in [-0.25, -0.2) is 9.78 Å². The Balaban J connectivity index is 1.87. The predicted octanol–water partition coefficient (Wildman–Crippen LogP) is 0.869. The van der Waals surface area contributed by atoms with E-state index in [0.717, 1.165) is 0 Å². The fraction of sp³-hybridized carbons (Fsp3) is 0.417. The molecule has 0 saturated carbocycles. The molecule has 0 bridgehead atoms. The molecule has 7 nitrogen and oxygen atoms in total. The molecule has 0 unspecified atom stereocenters. The molecule has 1 aromatic rings. The van der Waals surface area contributed by atoms with Gasteiger partial charge in [-0.3, -0.25) is 4.79 Å². The van der Waals surface area contributed by atoms with Gasteiger partial charge in [-0.1, -0.05) is 6.07 Å². The molecular formula is C12H15BrN4O3. The molecule has 1 fully saturated rings. The number of hydrogen-bond acceptors (Lipinski definition) is 5. The van der Waals surface area contributed by atoms with Gasteiger partial charge in [-0.2, -0.15) is 0 Å². The van der Waals surface area contributed by atoms with Crippen LogP contribution in [0.25, 0.3) is 0 Å². The number of halogens is 1. The number of aromatic nitrogens is 1. The first-order valence-corrected chi connectivity index (χ1v) is 6.89. The molecule has 0 aromatic carbocycles. The van der Waals surface area contributed by atoms with Crippen LogP contribution in [0.1, 0.15) is 6.42 Å². The topological polar surface area (TPSA) is 92.4 Å². The van der Waals surface area contributed by atoms with Crippen LogP contribution in [0.4, 0.5) is 10.6 Å². The van der Waals surface area contributed by atoms with Crippen LogP contribution in [0.2, 0.25) is 0 Å². The molecule has 2 heterocycles. The summed E-state index contributed by atoms with van der Waals surface area (Å²) in [6.07, 6.45) is 0.0149. The average molecular weight is 343 g/mol. The standard InChI is InChI=1S/C12H15BrN4O3/c1-20-12(19)15-7-5-8(14-6-7)11(18)17-10-4-2-3-9(13)16-10/h2-4,7-8,14H,5-6H2,1H3,(H,15,19)(H,16,17,18)/t7-,8-/m0/s1. The number of hydrogen-bond donors (Lipinski definition) is 3. The molecule has 0 spiro atoms. The molecule has 2 atom stereocenters. The van der Waals surface area contributed by atoms with Gasteiger partial charge < -0.3 is 20.7 Å². The second-order valence-corrected chi connectivity index (χ2v) is 5.18. The van der Waals surface area contributed by atoms with Crippen LogP contribution >= 0.6 is 15.9 Å². The SMILES string of the molecule is COC(=O)N[C@@H]1CN[C@H](C(=O)Nc2cccc(Br)n2)C1. The van der Waals surface area contributed by atoms with Gasteiger partial charge in [0, 0.05) is 12.6 Å². The number of anilines is 1. The fourth-order valence-electron chi connectivity index (χ4n) is 1.96. The predicted molar refractivity (Wildman–Crippen MR) is 76.3 cm³/mol. The summed E-state index contributed by atoms with van der Waals surface area (Å²) in [4.78, 5) is 27.3. The van der Waals surface area contributed by atoms with Crippen LogP contribution in [0.5, 0.6) is 0 Å². The van der Waals surface area contributed by atoms with Gasteiger partial charge in [-0.15, -0.1) is 0 Å². The van der Waals surface area contributed by atoms with Crippen LogP contribution in [0.15, 0.2) is 22.8 Å². The summed E-state index contributed by atoms with van der Waals surface area (Å²) in [5.41, 5.74) is 0. The van der Waals surface area contributed by atoms with Crippen molar-refractivity contribution in [3.63, 3.8) is 0 Å². The molecule has 1 saturated heterocycles. The fourth-order valence-corrected chi connectivity index (χ4v) is 2.31. The highest BCUT2D eigenvalue weighted by Gasteiger charge is 2.30. The van der Waals surface area contributed by atoms with Crippen molar-refractivity contribution >= 4 is 33.7 Å². The van der Waals surface area contributed by atoms with E-state index in [1.807, 2.05) is 0 Å². The zero-order valence-corrected chi connectivity index (χ0v) is 12.4. The number of methoxy groups -OCH3 is 1. The Morgan fingerprint density at radius 2 is 2.30 bits per heavy atom. The zero-order chi connectivity index (χ0) is 14.5. The van der Waals surface area contributed by atoms with Crippen molar-refractivity contribution in [1.82, 2.24) is 15.6 Å². The van der Waals surface area contributed by atoms with E-state index in [1.165, 1.54) is 7.11 Å². The summed E-state index contributed by atoms with van der Waals surface area (Å²) in [5.74, 6) is 0.306. The molecule has 1 aliphatic rings. The molecule has 108 valence electrons. The van der Waals surface area contributed by atoms with Crippen molar-refractivity contribution in [3.8, 4) is 0 Å². The van der Waals surface area contributed by atoms with E-state index in [-0.39, 0.29) is 18.0 Å². The van der Waals surface area contributed by atoms with Gasteiger partial charge in [0.2, 0.25) is 5.91 Å². The number of alkyl carbamates (subject to hydrolysis) is 1. The second kappa shape index (κ2) is 6.67. The molecule has 2 amide bonds. The lowest BCUT2D eigenvalue weighted by Crippen LogP contribution is -2.36. The summed E-state index contributed by atoms with van der Waals surface area (Å²) >= 11 is 3.24. The van der Waals surface area contributed by atoms with E-state index < -0.39 is 6.09 Å². The van der Waals surface area contributed by atoms with E-state index in [1.54, 1.807) is 18.2 Å². The lowest BCUT2D eigenvalue weighted by Gasteiger charge is -2.11. The zero-order valence-electron chi connectivity index (χ0n) is 10.9. The van der Waals surface area contributed by atoms with Crippen molar-refractivity contribution in [2.45, 2.75) is 18.5 Å². The molecular weight excluding hydrogens is 328 g/mol. The Hall–Kier alpha value is -1.67. The lowest BCUT2D eigenvalue weighted by molar-refractivity contribution is -0.117. The van der Waals surface area contributed by atoms with Crippen molar-refractivity contribution in [2.75, 3.05) is 19.0 Å². The number of pyridine rings is 1. The van der Waals surface area contributed by atoms with Crippen LogP contribution in [-0.2, 0) is 9.53 Å². The number of nitrogens with zero attached hydrogens (tertiary/aromatic N) is 1. The van der Waals surface area contributed by atoms with Gasteiger partial charge in [0.25, 0.3) is 0 Å². The Bertz CT molecular complexity index is 511. The molecule has 0 aliphatic carbocycles. The third-order valence-corrected chi connectivity index (χ3v) is 3.36. The first kappa shape index (κ1) is 14.7. The van der Waals surface area contributed by atoms with E-state index in [4.69, 9.17) is 0 Å². The average Bonchev–Trinajstić information content (AvgIpc) is 2.87. The number of amides is 2. The Labute approximate surface area is 124 Å². The highest BCUT2D eigenvalue weighted by molar-refractivity contribution is 9.10. The molecule has 0 radical (unpaired) electrons. The van der Waals surface area contributed by atoms with Crippen molar-refractivity contribution in [3.05, 3.63) is 22.8 Å². The Morgan fingerprint density at radius 1 is 1.50 bits per heavy atom. The van der Waals surface area contributed by atoms with Crippen molar-refractivity contribution in [1.29, 1.82) is 0 Å². The van der Waals surface area contributed by atoms with E-state index >= 15 is 0 Å². The largest absolute Gasteiger partial charge is 0.453 e. The highest BCUT2D eigenvalue weighted by Crippen LogP contribution is 2.13. The molecule has 1 aliphatic heterocycles. The van der Waals surface area contributed by atoms with Gasteiger partial charge in [0.05, 0.1) is 13.2 Å². The summed E-state index contributed by atoms with van der Waals surface area (Å²) in [5, 5.41) is 8.43. The second-order valence-electron chi connectivity index (χ2n) is 4.36. The van der Waals surface area contributed by atoms with Gasteiger partial charge in [0.1, 0.15) is 10.4 Å². The Morgan fingerprint density at radius 3 is 3.00 bits per heavy atom. The third-order valence-electron chi connectivity index (χ3n) is 2.92. The molecule has 8 heteroatoms. The van der Waals surface area contributed by atoms with Gasteiger partial charge in [0.15, 0.2) is 0 Å². The first-order chi connectivity index (χ1) is 9.58. The minimum Gasteiger partial charge on any atom is -0.453 e. The van der Waals surface area contributed by atoms with Crippen molar-refractivity contribution < 1.29 is 14.3 Å². The summed E-state index contributed by atoms with van der Waals surface area (Å²) in [6.45, 7) is 0.527. The number of carbonyl (C=O) groups is 2. The third kappa shape index (κ3) is 3.91. The number of rotatable bonds is 3. The van der Waals surface area contributed by atoms with Crippen LogP contribution in [-0.4, -0.2) is 42.7 Å². The molecule has 3 N–H and O–H groups in total. The lowest BCUT2D eigenvalue weighted by atomic mass is 10.1. The van der Waals surface area contributed by atoms with Crippen molar-refractivity contribution in [2.24, 2.45) is 0 Å². The smallest absolute Gasteiger partial charge is 0.407 e.